The van der Waals surface area contributed by atoms with E-state index in [-0.39, 0.29) is 17.8 Å². The first-order valence-corrected chi connectivity index (χ1v) is 7.65. The van der Waals surface area contributed by atoms with Gasteiger partial charge in [0, 0.05) is 5.69 Å². The van der Waals surface area contributed by atoms with Gasteiger partial charge in [-0.15, -0.1) is 0 Å². The molecule has 1 aromatic carbocycles. The first kappa shape index (κ1) is 15.5. The summed E-state index contributed by atoms with van der Waals surface area (Å²) in [6.45, 7) is 3.54. The predicted molar refractivity (Wildman–Crippen MR) is 81.9 cm³/mol. The van der Waals surface area contributed by atoms with Gasteiger partial charge in [-0.25, -0.2) is 0 Å². The average Bonchev–Trinajstić information content (AvgIpc) is 2.50. The van der Waals surface area contributed by atoms with Crippen LogP contribution in [0.15, 0.2) is 24.3 Å². The third-order valence-corrected chi connectivity index (χ3v) is 4.00. The number of anilines is 1. The molecule has 0 radical (unpaired) electrons. The van der Waals surface area contributed by atoms with Crippen LogP contribution in [-0.4, -0.2) is 18.0 Å². The van der Waals surface area contributed by atoms with Crippen molar-refractivity contribution >= 4 is 17.6 Å². The third-order valence-electron chi connectivity index (χ3n) is 4.00. The second-order valence-electron chi connectivity index (χ2n) is 5.72. The van der Waals surface area contributed by atoms with Crippen LogP contribution in [0.25, 0.3) is 0 Å². The van der Waals surface area contributed by atoms with Gasteiger partial charge < -0.3 is 10.1 Å². The number of rotatable bonds is 4. The van der Waals surface area contributed by atoms with Gasteiger partial charge in [0.15, 0.2) is 6.10 Å². The highest BCUT2D eigenvalue weighted by molar-refractivity contribution is 5.95. The Morgan fingerprint density at radius 1 is 1.19 bits per heavy atom. The normalized spacial score (nSPS) is 17.0. The van der Waals surface area contributed by atoms with E-state index >= 15 is 0 Å². The van der Waals surface area contributed by atoms with Gasteiger partial charge in [-0.05, 0) is 38.3 Å². The minimum Gasteiger partial charge on any atom is -0.452 e. The molecule has 21 heavy (non-hydrogen) atoms. The molecule has 4 heteroatoms. The number of hydrogen-bond donors (Lipinski definition) is 1. The summed E-state index contributed by atoms with van der Waals surface area (Å²) in [7, 11) is 0. The number of benzene rings is 1. The molecule has 0 bridgehead atoms. The minimum atomic E-state index is -0.765. The molecule has 1 aromatic rings. The van der Waals surface area contributed by atoms with Crippen molar-refractivity contribution in [2.75, 3.05) is 5.32 Å². The lowest BCUT2D eigenvalue weighted by molar-refractivity contribution is -0.158. The Morgan fingerprint density at radius 3 is 2.52 bits per heavy atom. The highest BCUT2D eigenvalue weighted by atomic mass is 16.5. The molecule has 0 heterocycles. The van der Waals surface area contributed by atoms with Gasteiger partial charge in [0.1, 0.15) is 0 Å². The van der Waals surface area contributed by atoms with Gasteiger partial charge in [0.25, 0.3) is 5.91 Å². The SMILES string of the molecule is Cc1ccccc1NC(=O)C(C)OC(=O)C1CCCCC1. The molecule has 114 valence electrons. The lowest BCUT2D eigenvalue weighted by atomic mass is 9.89. The quantitative estimate of drug-likeness (QED) is 0.864. The molecular weight excluding hydrogens is 266 g/mol. The number of amides is 1. The molecule has 1 aliphatic carbocycles. The first-order chi connectivity index (χ1) is 10.1. The van der Waals surface area contributed by atoms with Crippen LogP contribution in [-0.2, 0) is 14.3 Å². The number of carbonyl (C=O) groups is 2. The third kappa shape index (κ3) is 4.31. The first-order valence-electron chi connectivity index (χ1n) is 7.65. The molecule has 2 rings (SSSR count). The molecule has 1 aliphatic rings. The Balaban J connectivity index is 1.87. The minimum absolute atomic E-state index is 0.0348. The maximum absolute atomic E-state index is 12.1. The van der Waals surface area contributed by atoms with E-state index in [9.17, 15) is 9.59 Å². The topological polar surface area (TPSA) is 55.4 Å². The van der Waals surface area contributed by atoms with E-state index in [1.54, 1.807) is 6.92 Å². The number of ether oxygens (including phenoxy) is 1. The number of esters is 1. The fourth-order valence-electron chi connectivity index (χ4n) is 2.61. The maximum Gasteiger partial charge on any atom is 0.309 e. The second kappa shape index (κ2) is 7.25. The summed E-state index contributed by atoms with van der Waals surface area (Å²) >= 11 is 0. The molecule has 0 aromatic heterocycles. The number of aryl methyl sites for hydroxylation is 1. The summed E-state index contributed by atoms with van der Waals surface area (Å²) in [5.74, 6) is -0.553. The van der Waals surface area contributed by atoms with Crippen LogP contribution in [0.4, 0.5) is 5.69 Å². The van der Waals surface area contributed by atoms with Crippen molar-refractivity contribution in [1.29, 1.82) is 0 Å². The zero-order chi connectivity index (χ0) is 15.2. The van der Waals surface area contributed by atoms with Crippen molar-refractivity contribution in [2.45, 2.75) is 52.1 Å². The summed E-state index contributed by atoms with van der Waals surface area (Å²) in [4.78, 5) is 24.1. The van der Waals surface area contributed by atoms with Crippen LogP contribution in [0.2, 0.25) is 0 Å². The van der Waals surface area contributed by atoms with E-state index < -0.39 is 6.10 Å². The molecule has 1 fully saturated rings. The fraction of sp³-hybridized carbons (Fsp3) is 0.529. The standard InChI is InChI=1S/C17H23NO3/c1-12-8-6-7-11-15(12)18-16(19)13(2)21-17(20)14-9-4-3-5-10-14/h6-8,11,13-14H,3-5,9-10H2,1-2H3,(H,18,19). The van der Waals surface area contributed by atoms with Crippen molar-refractivity contribution < 1.29 is 14.3 Å². The maximum atomic E-state index is 12.1. The van der Waals surface area contributed by atoms with E-state index in [1.165, 1.54) is 6.42 Å². The number of carbonyl (C=O) groups excluding carboxylic acids is 2. The van der Waals surface area contributed by atoms with Crippen LogP contribution in [0.1, 0.15) is 44.6 Å². The van der Waals surface area contributed by atoms with E-state index in [4.69, 9.17) is 4.74 Å². The van der Waals surface area contributed by atoms with Crippen molar-refractivity contribution in [3.8, 4) is 0 Å². The molecule has 1 amide bonds. The molecule has 0 saturated heterocycles. The van der Waals surface area contributed by atoms with Crippen molar-refractivity contribution in [3.05, 3.63) is 29.8 Å². The Labute approximate surface area is 125 Å². The van der Waals surface area contributed by atoms with E-state index in [0.29, 0.717) is 0 Å². The lowest BCUT2D eigenvalue weighted by Crippen LogP contribution is -2.33. The number of hydrogen-bond acceptors (Lipinski definition) is 3. The molecule has 4 nitrogen and oxygen atoms in total. The molecular formula is C17H23NO3. The van der Waals surface area contributed by atoms with Crippen molar-refractivity contribution in [3.63, 3.8) is 0 Å². The van der Waals surface area contributed by atoms with Gasteiger partial charge >= 0.3 is 5.97 Å². The van der Waals surface area contributed by atoms with Gasteiger partial charge in [-0.3, -0.25) is 9.59 Å². The molecule has 1 N–H and O–H groups in total. The summed E-state index contributed by atoms with van der Waals surface area (Å²) in [6, 6.07) is 7.54. The lowest BCUT2D eigenvalue weighted by Gasteiger charge is -2.22. The van der Waals surface area contributed by atoms with Crippen molar-refractivity contribution in [1.82, 2.24) is 0 Å². The second-order valence-corrected chi connectivity index (χ2v) is 5.72. The van der Waals surface area contributed by atoms with Gasteiger partial charge in [0.05, 0.1) is 5.92 Å². The van der Waals surface area contributed by atoms with Crippen LogP contribution in [0.5, 0.6) is 0 Å². The summed E-state index contributed by atoms with van der Waals surface area (Å²) in [5.41, 5.74) is 1.74. The van der Waals surface area contributed by atoms with Gasteiger partial charge in [-0.1, -0.05) is 37.5 Å². The summed E-state index contributed by atoms with van der Waals surface area (Å²) in [5, 5.41) is 2.80. The van der Waals surface area contributed by atoms with Crippen molar-refractivity contribution in [2.24, 2.45) is 5.92 Å². The van der Waals surface area contributed by atoms with E-state index in [1.807, 2.05) is 31.2 Å². The predicted octanol–water partition coefficient (Wildman–Crippen LogP) is 3.45. The highest BCUT2D eigenvalue weighted by Crippen LogP contribution is 2.25. The van der Waals surface area contributed by atoms with Crippen LogP contribution < -0.4 is 5.32 Å². The largest absolute Gasteiger partial charge is 0.452 e. The zero-order valence-corrected chi connectivity index (χ0v) is 12.7. The molecule has 1 unspecified atom stereocenters. The zero-order valence-electron chi connectivity index (χ0n) is 12.7. The fourth-order valence-corrected chi connectivity index (χ4v) is 2.61. The number of para-hydroxylation sites is 1. The molecule has 1 saturated carbocycles. The van der Waals surface area contributed by atoms with Gasteiger partial charge in [0.2, 0.25) is 0 Å². The monoisotopic (exact) mass is 289 g/mol. The van der Waals surface area contributed by atoms with Gasteiger partial charge in [-0.2, -0.15) is 0 Å². The van der Waals surface area contributed by atoms with Crippen LogP contribution in [0.3, 0.4) is 0 Å². The highest BCUT2D eigenvalue weighted by Gasteiger charge is 2.26. The smallest absolute Gasteiger partial charge is 0.309 e. The average molecular weight is 289 g/mol. The summed E-state index contributed by atoms with van der Waals surface area (Å²) < 4.78 is 5.31. The van der Waals surface area contributed by atoms with Crippen LogP contribution in [0, 0.1) is 12.8 Å². The van der Waals surface area contributed by atoms with E-state index in [0.717, 1.165) is 36.9 Å². The number of nitrogens with one attached hydrogen (secondary N) is 1. The Morgan fingerprint density at radius 2 is 1.86 bits per heavy atom. The summed E-state index contributed by atoms with van der Waals surface area (Å²) in [6.07, 6.45) is 4.33. The Kier molecular flexibility index (Phi) is 5.37. The molecule has 1 atom stereocenters. The van der Waals surface area contributed by atoms with Crippen LogP contribution >= 0.6 is 0 Å². The molecule has 0 aliphatic heterocycles. The Bertz CT molecular complexity index is 507. The molecule has 0 spiro atoms. The Hall–Kier alpha value is -1.84. The van der Waals surface area contributed by atoms with E-state index in [2.05, 4.69) is 5.32 Å².